The fourth-order valence-electron chi connectivity index (χ4n) is 2.43. The Bertz CT molecular complexity index is 584. The zero-order valence-corrected chi connectivity index (χ0v) is 14.6. The van der Waals surface area contributed by atoms with E-state index in [1.165, 1.54) is 0 Å². The van der Waals surface area contributed by atoms with Crippen LogP contribution in [-0.4, -0.2) is 44.5 Å². The van der Waals surface area contributed by atoms with Gasteiger partial charge < -0.3 is 10.1 Å². The first-order valence-corrected chi connectivity index (χ1v) is 9.23. The highest BCUT2D eigenvalue weighted by molar-refractivity contribution is 7.89. The van der Waals surface area contributed by atoms with E-state index in [0.29, 0.717) is 36.3 Å². The van der Waals surface area contributed by atoms with Gasteiger partial charge >= 0.3 is 0 Å². The van der Waals surface area contributed by atoms with E-state index in [9.17, 15) is 8.42 Å². The molecule has 1 aliphatic rings. The molecule has 0 radical (unpaired) electrons. The molecule has 1 aliphatic heterocycles. The SMILES string of the molecule is CC(C)COc1ccc(S(=O)(=O)N2CC(C)NCC2C)cc1. The lowest BCUT2D eigenvalue weighted by molar-refractivity contribution is 0.244. The number of nitrogens with zero attached hydrogens (tertiary/aromatic N) is 1. The lowest BCUT2D eigenvalue weighted by Gasteiger charge is -2.36. The highest BCUT2D eigenvalue weighted by Gasteiger charge is 2.33. The minimum absolute atomic E-state index is 0.0435. The van der Waals surface area contributed by atoms with Crippen LogP contribution in [0.15, 0.2) is 29.2 Å². The molecule has 0 aliphatic carbocycles. The first kappa shape index (κ1) is 17.2. The topological polar surface area (TPSA) is 58.6 Å². The second-order valence-electron chi connectivity index (χ2n) is 6.41. The fraction of sp³-hybridized carbons (Fsp3) is 0.625. The molecule has 2 atom stereocenters. The maximum absolute atomic E-state index is 12.8. The van der Waals surface area contributed by atoms with Crippen molar-refractivity contribution in [3.05, 3.63) is 24.3 Å². The van der Waals surface area contributed by atoms with E-state index in [2.05, 4.69) is 19.2 Å². The number of sulfonamides is 1. The third kappa shape index (κ3) is 4.00. The van der Waals surface area contributed by atoms with Crippen LogP contribution in [0.4, 0.5) is 0 Å². The van der Waals surface area contributed by atoms with Gasteiger partial charge in [0.15, 0.2) is 0 Å². The molecule has 0 amide bonds. The Morgan fingerprint density at radius 3 is 2.50 bits per heavy atom. The molecule has 1 saturated heterocycles. The van der Waals surface area contributed by atoms with Crippen LogP contribution >= 0.6 is 0 Å². The molecule has 1 N–H and O–H groups in total. The zero-order valence-electron chi connectivity index (χ0n) is 13.7. The van der Waals surface area contributed by atoms with Gasteiger partial charge in [0, 0.05) is 25.2 Å². The van der Waals surface area contributed by atoms with Crippen LogP contribution in [-0.2, 0) is 10.0 Å². The van der Waals surface area contributed by atoms with E-state index in [1.807, 2.05) is 13.8 Å². The summed E-state index contributed by atoms with van der Waals surface area (Å²) in [6, 6.07) is 6.84. The second kappa shape index (κ2) is 6.98. The van der Waals surface area contributed by atoms with Crippen molar-refractivity contribution in [2.24, 2.45) is 5.92 Å². The number of benzene rings is 1. The Labute approximate surface area is 133 Å². The van der Waals surface area contributed by atoms with Crippen LogP contribution in [0.5, 0.6) is 5.75 Å². The average molecular weight is 326 g/mol. The van der Waals surface area contributed by atoms with Crippen molar-refractivity contribution in [1.29, 1.82) is 0 Å². The second-order valence-corrected chi connectivity index (χ2v) is 8.30. The molecular weight excluding hydrogens is 300 g/mol. The summed E-state index contributed by atoms with van der Waals surface area (Å²) in [7, 11) is -3.45. The Hall–Kier alpha value is -1.11. The van der Waals surface area contributed by atoms with E-state index >= 15 is 0 Å². The van der Waals surface area contributed by atoms with Crippen molar-refractivity contribution >= 4 is 10.0 Å². The van der Waals surface area contributed by atoms with Gasteiger partial charge in [-0.1, -0.05) is 13.8 Å². The van der Waals surface area contributed by atoms with Gasteiger partial charge in [-0.05, 0) is 44.0 Å². The van der Waals surface area contributed by atoms with Gasteiger partial charge in [0.25, 0.3) is 0 Å². The normalized spacial score (nSPS) is 23.7. The summed E-state index contributed by atoms with van der Waals surface area (Å²) in [6.45, 7) is 9.87. The number of nitrogens with one attached hydrogen (secondary N) is 1. The van der Waals surface area contributed by atoms with Gasteiger partial charge in [-0.25, -0.2) is 8.42 Å². The lowest BCUT2D eigenvalue weighted by atomic mass is 10.2. The van der Waals surface area contributed by atoms with Crippen molar-refractivity contribution in [1.82, 2.24) is 9.62 Å². The molecule has 2 rings (SSSR count). The summed E-state index contributed by atoms with van der Waals surface area (Å²) in [5.41, 5.74) is 0. The van der Waals surface area contributed by atoms with Crippen molar-refractivity contribution in [2.45, 2.75) is 44.7 Å². The maximum atomic E-state index is 12.8. The molecule has 2 unspecified atom stereocenters. The van der Waals surface area contributed by atoms with Crippen LogP contribution in [0.2, 0.25) is 0 Å². The minimum atomic E-state index is -3.45. The molecule has 0 bridgehead atoms. The van der Waals surface area contributed by atoms with E-state index < -0.39 is 10.0 Å². The van der Waals surface area contributed by atoms with Crippen LogP contribution in [0.25, 0.3) is 0 Å². The predicted octanol–water partition coefficient (Wildman–Crippen LogP) is 2.09. The van der Waals surface area contributed by atoms with Gasteiger partial charge in [0.05, 0.1) is 11.5 Å². The van der Waals surface area contributed by atoms with Crippen molar-refractivity contribution in [3.8, 4) is 5.75 Å². The number of hydrogen-bond donors (Lipinski definition) is 1. The molecule has 1 fully saturated rings. The fourth-order valence-corrected chi connectivity index (χ4v) is 4.15. The van der Waals surface area contributed by atoms with Gasteiger partial charge in [0.1, 0.15) is 5.75 Å². The van der Waals surface area contributed by atoms with Crippen molar-refractivity contribution in [2.75, 3.05) is 19.7 Å². The summed E-state index contributed by atoms with van der Waals surface area (Å²) >= 11 is 0. The molecular formula is C16H26N2O3S. The minimum Gasteiger partial charge on any atom is -0.493 e. The number of hydrogen-bond acceptors (Lipinski definition) is 4. The first-order valence-electron chi connectivity index (χ1n) is 7.78. The molecule has 0 saturated carbocycles. The van der Waals surface area contributed by atoms with Gasteiger partial charge in [-0.3, -0.25) is 0 Å². The summed E-state index contributed by atoms with van der Waals surface area (Å²) < 4.78 is 32.7. The molecule has 0 spiro atoms. The van der Waals surface area contributed by atoms with Crippen LogP contribution in [0.3, 0.4) is 0 Å². The standard InChI is InChI=1S/C16H26N2O3S/c1-12(2)11-21-15-5-7-16(8-6-15)22(19,20)18-10-13(3)17-9-14(18)4/h5-8,12-14,17H,9-11H2,1-4H3. The molecule has 0 aromatic heterocycles. The van der Waals surface area contributed by atoms with E-state index in [4.69, 9.17) is 4.74 Å². The molecule has 22 heavy (non-hydrogen) atoms. The Kier molecular flexibility index (Phi) is 5.47. The molecule has 1 aromatic rings. The maximum Gasteiger partial charge on any atom is 0.243 e. The van der Waals surface area contributed by atoms with Crippen LogP contribution < -0.4 is 10.1 Å². The largest absolute Gasteiger partial charge is 0.493 e. The van der Waals surface area contributed by atoms with E-state index in [1.54, 1.807) is 28.6 Å². The van der Waals surface area contributed by atoms with E-state index in [-0.39, 0.29) is 12.1 Å². The van der Waals surface area contributed by atoms with Crippen molar-refractivity contribution < 1.29 is 13.2 Å². The van der Waals surface area contributed by atoms with Crippen LogP contribution in [0, 0.1) is 5.92 Å². The molecule has 6 heteroatoms. The zero-order chi connectivity index (χ0) is 16.3. The summed E-state index contributed by atoms with van der Waals surface area (Å²) in [4.78, 5) is 0.324. The number of piperazine rings is 1. The molecule has 1 aromatic carbocycles. The van der Waals surface area contributed by atoms with Gasteiger partial charge in [-0.2, -0.15) is 4.31 Å². The smallest absolute Gasteiger partial charge is 0.243 e. The van der Waals surface area contributed by atoms with Crippen molar-refractivity contribution in [3.63, 3.8) is 0 Å². The lowest BCUT2D eigenvalue weighted by Crippen LogP contribution is -2.56. The Balaban J connectivity index is 2.15. The van der Waals surface area contributed by atoms with Crippen LogP contribution in [0.1, 0.15) is 27.7 Å². The number of rotatable bonds is 5. The summed E-state index contributed by atoms with van der Waals surface area (Å²) in [5.74, 6) is 1.14. The third-order valence-corrected chi connectivity index (χ3v) is 5.72. The van der Waals surface area contributed by atoms with Gasteiger partial charge in [-0.15, -0.1) is 0 Å². The predicted molar refractivity (Wildman–Crippen MR) is 87.6 cm³/mol. The third-order valence-electron chi connectivity index (χ3n) is 3.72. The molecule has 1 heterocycles. The monoisotopic (exact) mass is 326 g/mol. The summed E-state index contributed by atoms with van der Waals surface area (Å²) in [6.07, 6.45) is 0. The Morgan fingerprint density at radius 1 is 1.27 bits per heavy atom. The average Bonchev–Trinajstić information content (AvgIpc) is 2.48. The van der Waals surface area contributed by atoms with E-state index in [0.717, 1.165) is 0 Å². The van der Waals surface area contributed by atoms with Gasteiger partial charge in [0.2, 0.25) is 10.0 Å². The quantitative estimate of drug-likeness (QED) is 0.900. The Morgan fingerprint density at radius 2 is 1.91 bits per heavy atom. The highest BCUT2D eigenvalue weighted by atomic mass is 32.2. The molecule has 124 valence electrons. The highest BCUT2D eigenvalue weighted by Crippen LogP contribution is 2.23. The molecule has 5 nitrogen and oxygen atoms in total. The summed E-state index contributed by atoms with van der Waals surface area (Å²) in [5, 5.41) is 3.30. The number of ether oxygens (including phenoxy) is 1. The first-order chi connectivity index (χ1) is 10.3.